The average molecular weight is 346 g/mol. The van der Waals surface area contributed by atoms with Crippen molar-refractivity contribution >= 4 is 17.9 Å². The molecule has 1 unspecified atom stereocenters. The van der Waals surface area contributed by atoms with Crippen molar-refractivity contribution in [3.63, 3.8) is 0 Å². The molecule has 140 valence electrons. The minimum atomic E-state index is -2.55. The Kier molecular flexibility index (Phi) is 11.0. The summed E-state index contributed by atoms with van der Waals surface area (Å²) in [5.41, 5.74) is -2.55. The summed E-state index contributed by atoms with van der Waals surface area (Å²) in [5, 5.41) is 37.3. The van der Waals surface area contributed by atoms with Crippen molar-refractivity contribution in [1.82, 2.24) is 0 Å². The maximum atomic E-state index is 11.4. The first-order chi connectivity index (χ1) is 11.3. The van der Waals surface area contributed by atoms with Crippen LogP contribution in [0.15, 0.2) is 0 Å². The monoisotopic (exact) mass is 346 g/mol. The van der Waals surface area contributed by atoms with Crippen LogP contribution < -0.4 is 0 Å². The summed E-state index contributed by atoms with van der Waals surface area (Å²) in [6.07, 6.45) is 6.76. The van der Waals surface area contributed by atoms with E-state index in [1.165, 1.54) is 19.3 Å². The number of aliphatic carboxylic acids is 3. The standard InChI is InChI=1S/C17H30O7/c1-2-3-4-5-6-7-8-9-10-13(15(20)21)17(24,16(22)23)12-11-14(18)19/h13,24H,2-12H2,1H3,(H,18,19)(H,20,21)(H,22,23)/t13-,17?/m1/s1. The van der Waals surface area contributed by atoms with Gasteiger partial charge in [-0.3, -0.25) is 9.59 Å². The van der Waals surface area contributed by atoms with Gasteiger partial charge in [0, 0.05) is 6.42 Å². The fraction of sp³-hybridized carbons (Fsp3) is 0.824. The van der Waals surface area contributed by atoms with E-state index in [0.717, 1.165) is 25.7 Å². The molecule has 0 fully saturated rings. The quantitative estimate of drug-likeness (QED) is 0.335. The highest BCUT2D eigenvalue weighted by atomic mass is 16.4. The maximum absolute atomic E-state index is 11.4. The van der Waals surface area contributed by atoms with Crippen molar-refractivity contribution in [1.29, 1.82) is 0 Å². The van der Waals surface area contributed by atoms with Gasteiger partial charge in [-0.2, -0.15) is 0 Å². The van der Waals surface area contributed by atoms with Crippen LogP contribution in [0, 0.1) is 5.92 Å². The van der Waals surface area contributed by atoms with E-state index in [0.29, 0.717) is 6.42 Å². The normalized spacial score (nSPS) is 14.8. The molecule has 0 aromatic carbocycles. The van der Waals surface area contributed by atoms with Gasteiger partial charge in [-0.1, -0.05) is 58.3 Å². The summed E-state index contributed by atoms with van der Waals surface area (Å²) in [5.74, 6) is -5.87. The van der Waals surface area contributed by atoms with Crippen LogP contribution in [-0.2, 0) is 14.4 Å². The number of hydrogen-bond acceptors (Lipinski definition) is 4. The van der Waals surface area contributed by atoms with Crippen molar-refractivity contribution in [2.45, 2.75) is 83.2 Å². The number of hydrogen-bond donors (Lipinski definition) is 4. The largest absolute Gasteiger partial charge is 0.481 e. The molecule has 0 spiro atoms. The second kappa shape index (κ2) is 11.8. The van der Waals surface area contributed by atoms with E-state index in [4.69, 9.17) is 5.11 Å². The highest BCUT2D eigenvalue weighted by molar-refractivity contribution is 5.86. The van der Waals surface area contributed by atoms with Gasteiger partial charge in [0.15, 0.2) is 5.60 Å². The van der Waals surface area contributed by atoms with Gasteiger partial charge in [0.05, 0.1) is 5.92 Å². The summed E-state index contributed by atoms with van der Waals surface area (Å²) in [7, 11) is 0. The van der Waals surface area contributed by atoms with Crippen LogP contribution in [0.25, 0.3) is 0 Å². The molecule has 0 aliphatic heterocycles. The van der Waals surface area contributed by atoms with Crippen LogP contribution in [0.3, 0.4) is 0 Å². The molecule has 0 amide bonds. The molecule has 0 saturated carbocycles. The minimum absolute atomic E-state index is 0.0205. The van der Waals surface area contributed by atoms with Crippen LogP contribution in [0.1, 0.15) is 77.6 Å². The average Bonchev–Trinajstić information content (AvgIpc) is 2.50. The first-order valence-corrected chi connectivity index (χ1v) is 8.66. The summed E-state index contributed by atoms with van der Waals surface area (Å²) < 4.78 is 0. The summed E-state index contributed by atoms with van der Waals surface area (Å²) in [4.78, 5) is 33.3. The third-order valence-electron chi connectivity index (χ3n) is 4.31. The van der Waals surface area contributed by atoms with E-state index in [1.54, 1.807) is 0 Å². The zero-order chi connectivity index (χ0) is 18.6. The summed E-state index contributed by atoms with van der Waals surface area (Å²) >= 11 is 0. The molecule has 0 aromatic rings. The molecule has 4 N–H and O–H groups in total. The number of rotatable bonds is 15. The van der Waals surface area contributed by atoms with Gasteiger partial charge in [0.25, 0.3) is 0 Å². The van der Waals surface area contributed by atoms with Gasteiger partial charge >= 0.3 is 17.9 Å². The maximum Gasteiger partial charge on any atom is 0.336 e. The number of carboxylic acid groups (broad SMARTS) is 3. The molecular formula is C17H30O7. The molecule has 0 rings (SSSR count). The van der Waals surface area contributed by atoms with Crippen molar-refractivity contribution in [2.75, 3.05) is 0 Å². The van der Waals surface area contributed by atoms with Gasteiger partial charge in [0.1, 0.15) is 0 Å². The number of carbonyl (C=O) groups is 3. The Labute approximate surface area is 142 Å². The lowest BCUT2D eigenvalue weighted by Gasteiger charge is -2.29. The second-order valence-electron chi connectivity index (χ2n) is 6.28. The van der Waals surface area contributed by atoms with E-state index in [1.807, 2.05) is 0 Å². The Morgan fingerprint density at radius 1 is 0.875 bits per heavy atom. The smallest absolute Gasteiger partial charge is 0.336 e. The van der Waals surface area contributed by atoms with Crippen LogP contribution in [0.4, 0.5) is 0 Å². The fourth-order valence-corrected chi connectivity index (χ4v) is 2.78. The SMILES string of the molecule is CCCCCCCCCC[C@H](C(=O)O)C(O)(CCC(=O)O)C(=O)O. The predicted molar refractivity (Wildman–Crippen MR) is 87.8 cm³/mol. The third-order valence-corrected chi connectivity index (χ3v) is 4.31. The van der Waals surface area contributed by atoms with Gasteiger partial charge in [-0.05, 0) is 12.8 Å². The minimum Gasteiger partial charge on any atom is -0.481 e. The van der Waals surface area contributed by atoms with Gasteiger partial charge in [0.2, 0.25) is 0 Å². The highest BCUT2D eigenvalue weighted by Gasteiger charge is 2.47. The molecule has 0 aliphatic carbocycles. The fourth-order valence-electron chi connectivity index (χ4n) is 2.78. The first-order valence-electron chi connectivity index (χ1n) is 8.66. The Balaban J connectivity index is 4.46. The van der Waals surface area contributed by atoms with Gasteiger partial charge in [-0.15, -0.1) is 0 Å². The first kappa shape index (κ1) is 22.4. The highest BCUT2D eigenvalue weighted by Crippen LogP contribution is 2.29. The molecule has 0 aliphatic rings. The Bertz CT molecular complexity index is 408. The molecule has 0 aromatic heterocycles. The molecule has 0 radical (unpaired) electrons. The van der Waals surface area contributed by atoms with Crippen LogP contribution in [0.5, 0.6) is 0 Å². The lowest BCUT2D eigenvalue weighted by Crippen LogP contribution is -2.49. The number of carboxylic acids is 3. The zero-order valence-electron chi connectivity index (χ0n) is 14.4. The Morgan fingerprint density at radius 2 is 1.38 bits per heavy atom. The van der Waals surface area contributed by atoms with Crippen molar-refractivity contribution in [3.05, 3.63) is 0 Å². The van der Waals surface area contributed by atoms with E-state index < -0.39 is 42.3 Å². The van der Waals surface area contributed by atoms with E-state index >= 15 is 0 Å². The number of unbranched alkanes of at least 4 members (excludes halogenated alkanes) is 7. The van der Waals surface area contributed by atoms with E-state index in [-0.39, 0.29) is 6.42 Å². The van der Waals surface area contributed by atoms with Crippen molar-refractivity contribution in [2.24, 2.45) is 5.92 Å². The molecule has 0 heterocycles. The molecule has 0 saturated heterocycles. The van der Waals surface area contributed by atoms with Gasteiger partial charge in [-0.25, -0.2) is 4.79 Å². The Morgan fingerprint density at radius 3 is 1.79 bits per heavy atom. The summed E-state index contributed by atoms with van der Waals surface area (Å²) in [6, 6.07) is 0. The van der Waals surface area contributed by atoms with E-state index in [9.17, 15) is 29.7 Å². The third kappa shape index (κ3) is 8.29. The lowest BCUT2D eigenvalue weighted by molar-refractivity contribution is -0.176. The topological polar surface area (TPSA) is 132 Å². The van der Waals surface area contributed by atoms with Gasteiger partial charge < -0.3 is 20.4 Å². The van der Waals surface area contributed by atoms with E-state index in [2.05, 4.69) is 6.92 Å². The van der Waals surface area contributed by atoms with Crippen molar-refractivity contribution in [3.8, 4) is 0 Å². The van der Waals surface area contributed by atoms with Crippen LogP contribution >= 0.6 is 0 Å². The molecule has 7 nitrogen and oxygen atoms in total. The van der Waals surface area contributed by atoms with Crippen molar-refractivity contribution < 1.29 is 34.8 Å². The number of aliphatic hydroxyl groups is 1. The second-order valence-corrected chi connectivity index (χ2v) is 6.28. The van der Waals surface area contributed by atoms with Crippen LogP contribution in [0.2, 0.25) is 0 Å². The molecular weight excluding hydrogens is 316 g/mol. The molecule has 0 bridgehead atoms. The molecule has 24 heavy (non-hydrogen) atoms. The lowest BCUT2D eigenvalue weighted by atomic mass is 9.80. The molecule has 2 atom stereocenters. The zero-order valence-corrected chi connectivity index (χ0v) is 14.4. The summed E-state index contributed by atoms with van der Waals surface area (Å²) in [6.45, 7) is 2.14. The Hall–Kier alpha value is -1.63. The predicted octanol–water partition coefficient (Wildman–Crippen LogP) is 2.90. The molecule has 7 heteroatoms. The van der Waals surface area contributed by atoms with Crippen LogP contribution in [-0.4, -0.2) is 43.9 Å².